The van der Waals surface area contributed by atoms with Crippen LogP contribution in [-0.4, -0.2) is 30.1 Å². The second-order valence-corrected chi connectivity index (χ2v) is 9.04. The molecule has 0 radical (unpaired) electrons. The van der Waals surface area contributed by atoms with E-state index in [1.54, 1.807) is 0 Å². The van der Waals surface area contributed by atoms with Crippen LogP contribution in [0.2, 0.25) is 0 Å². The summed E-state index contributed by atoms with van der Waals surface area (Å²) in [5.74, 6) is -0.565. The van der Waals surface area contributed by atoms with Gasteiger partial charge in [0.15, 0.2) is 5.79 Å². The molecule has 0 aliphatic carbocycles. The highest BCUT2D eigenvalue weighted by molar-refractivity contribution is 5.95. The van der Waals surface area contributed by atoms with Crippen LogP contribution in [0.1, 0.15) is 68.1 Å². The van der Waals surface area contributed by atoms with Crippen LogP contribution in [0.25, 0.3) is 6.08 Å². The highest BCUT2D eigenvalue weighted by Gasteiger charge is 2.42. The number of benzene rings is 1. The van der Waals surface area contributed by atoms with Crippen molar-refractivity contribution in [3.8, 4) is 0 Å². The van der Waals surface area contributed by atoms with E-state index in [2.05, 4.69) is 32.1 Å². The van der Waals surface area contributed by atoms with Crippen molar-refractivity contribution in [1.29, 1.82) is 0 Å². The maximum absolute atomic E-state index is 13.0. The number of ether oxygens (including phenoxy) is 3. The van der Waals surface area contributed by atoms with Crippen molar-refractivity contribution in [1.82, 2.24) is 0 Å². The van der Waals surface area contributed by atoms with Crippen LogP contribution in [-0.2, 0) is 14.2 Å². The van der Waals surface area contributed by atoms with E-state index in [0.29, 0.717) is 5.56 Å². The number of rotatable bonds is 0. The number of hydrogen-bond donors (Lipinski definition) is 0. The van der Waals surface area contributed by atoms with Crippen molar-refractivity contribution >= 4 is 12.0 Å². The number of carbonyl (C=O) groups is 1. The number of esters is 1. The first-order valence-electron chi connectivity index (χ1n) is 10.6. The zero-order valence-electron chi connectivity index (χ0n) is 18.7. The van der Waals surface area contributed by atoms with Gasteiger partial charge in [-0.1, -0.05) is 55.8 Å². The molecule has 2 aliphatic rings. The summed E-state index contributed by atoms with van der Waals surface area (Å²) in [5.41, 5.74) is 3.59. The fraction of sp³-hybridized carbons (Fsp3) is 0.560. The van der Waals surface area contributed by atoms with Crippen LogP contribution in [0, 0.1) is 25.7 Å². The molecule has 4 heteroatoms. The molecule has 2 aliphatic heterocycles. The van der Waals surface area contributed by atoms with E-state index in [9.17, 15) is 4.79 Å². The Balaban J connectivity index is 2.02. The van der Waals surface area contributed by atoms with Crippen molar-refractivity contribution < 1.29 is 19.0 Å². The van der Waals surface area contributed by atoms with Gasteiger partial charge in [0, 0.05) is 11.8 Å². The van der Waals surface area contributed by atoms with Crippen LogP contribution in [0.5, 0.6) is 0 Å². The van der Waals surface area contributed by atoms with Gasteiger partial charge < -0.3 is 14.2 Å². The third-order valence-electron chi connectivity index (χ3n) is 5.87. The molecule has 2 unspecified atom stereocenters. The Kier molecular flexibility index (Phi) is 6.35. The van der Waals surface area contributed by atoms with Crippen LogP contribution in [0.3, 0.4) is 0 Å². The molecule has 2 heterocycles. The topological polar surface area (TPSA) is 44.8 Å². The molecule has 3 rings (SSSR count). The summed E-state index contributed by atoms with van der Waals surface area (Å²) >= 11 is 0. The van der Waals surface area contributed by atoms with Crippen LogP contribution in [0.4, 0.5) is 0 Å². The molecule has 0 amide bonds. The molecule has 1 saturated heterocycles. The molecule has 0 aromatic heterocycles. The summed E-state index contributed by atoms with van der Waals surface area (Å²) in [6.07, 6.45) is 8.84. The molecule has 5 atom stereocenters. The highest BCUT2D eigenvalue weighted by atomic mass is 16.8. The van der Waals surface area contributed by atoms with E-state index in [1.807, 2.05) is 52.8 Å². The smallest absolute Gasteiger partial charge is 0.339 e. The fourth-order valence-electron chi connectivity index (χ4n) is 4.18. The van der Waals surface area contributed by atoms with Crippen molar-refractivity contribution in [2.24, 2.45) is 11.8 Å². The van der Waals surface area contributed by atoms with E-state index in [0.717, 1.165) is 23.1 Å². The zero-order chi connectivity index (χ0) is 21.3. The lowest BCUT2D eigenvalue weighted by atomic mass is 9.93. The molecule has 1 aromatic carbocycles. The molecule has 1 fully saturated rings. The zero-order valence-corrected chi connectivity index (χ0v) is 18.7. The Hall–Kier alpha value is -1.91. The Morgan fingerprint density at radius 3 is 2.41 bits per heavy atom. The van der Waals surface area contributed by atoms with Gasteiger partial charge in [-0.05, 0) is 52.2 Å². The molecule has 158 valence electrons. The third-order valence-corrected chi connectivity index (χ3v) is 5.87. The van der Waals surface area contributed by atoms with Crippen LogP contribution < -0.4 is 0 Å². The summed E-state index contributed by atoms with van der Waals surface area (Å²) in [6, 6.07) is 4.06. The van der Waals surface area contributed by atoms with Crippen molar-refractivity contribution in [3.63, 3.8) is 0 Å². The standard InChI is InChI=1S/C25H34O4/c1-15-13-18(4)22-20(14-15)9-8-10-21-23(29-25(6,7)28-21)17(3)12-11-16(2)19(5)27-24(22)26/h8-9,11-14,16-17,19,21,23H,10H2,1-7H3/b9-8+,12-11-/t16-,17?,19+,21+,23?/m1/s1. The first-order chi connectivity index (χ1) is 13.6. The molecule has 4 nitrogen and oxygen atoms in total. The summed E-state index contributed by atoms with van der Waals surface area (Å²) < 4.78 is 18.2. The summed E-state index contributed by atoms with van der Waals surface area (Å²) in [4.78, 5) is 13.0. The van der Waals surface area contributed by atoms with E-state index in [1.165, 1.54) is 0 Å². The van der Waals surface area contributed by atoms with Gasteiger partial charge in [-0.25, -0.2) is 4.79 Å². The molecular weight excluding hydrogens is 364 g/mol. The van der Waals surface area contributed by atoms with Crippen LogP contribution >= 0.6 is 0 Å². The Labute approximate surface area is 174 Å². The molecule has 0 bridgehead atoms. The maximum Gasteiger partial charge on any atom is 0.339 e. The predicted molar refractivity (Wildman–Crippen MR) is 116 cm³/mol. The largest absolute Gasteiger partial charge is 0.458 e. The lowest BCUT2D eigenvalue weighted by molar-refractivity contribution is -0.148. The SMILES string of the molecule is Cc1cc(C)c2c(c1)/C=C/C[C@@H]1OC(C)(C)OC1C(C)/C=C\[C@@H](C)[C@H](C)OC2=O. The average molecular weight is 399 g/mol. The molecule has 0 spiro atoms. The van der Waals surface area contributed by atoms with Gasteiger partial charge in [-0.3, -0.25) is 0 Å². The van der Waals surface area contributed by atoms with E-state index < -0.39 is 5.79 Å². The van der Waals surface area contributed by atoms with Crippen molar-refractivity contribution in [3.05, 3.63) is 52.6 Å². The summed E-state index contributed by atoms with van der Waals surface area (Å²) in [5, 5.41) is 0. The van der Waals surface area contributed by atoms with Gasteiger partial charge in [-0.2, -0.15) is 0 Å². The number of carbonyl (C=O) groups excluding carboxylic acids is 1. The average Bonchev–Trinajstić information content (AvgIpc) is 2.92. The minimum absolute atomic E-state index is 0.0161. The van der Waals surface area contributed by atoms with Crippen molar-refractivity contribution in [2.45, 2.75) is 79.0 Å². The fourth-order valence-corrected chi connectivity index (χ4v) is 4.18. The number of fused-ring (bicyclic) bond motifs is 2. The minimum Gasteiger partial charge on any atom is -0.458 e. The second-order valence-electron chi connectivity index (χ2n) is 9.04. The molecular formula is C25H34O4. The van der Waals surface area contributed by atoms with Gasteiger partial charge in [0.1, 0.15) is 6.10 Å². The number of aryl methyl sites for hydroxylation is 2. The normalized spacial score (nSPS) is 34.4. The lowest BCUT2D eigenvalue weighted by Gasteiger charge is -2.23. The van der Waals surface area contributed by atoms with E-state index in [-0.39, 0.29) is 36.1 Å². The van der Waals surface area contributed by atoms with E-state index in [4.69, 9.17) is 14.2 Å². The second kappa shape index (κ2) is 8.45. The predicted octanol–water partition coefficient (Wildman–Crippen LogP) is 5.61. The Morgan fingerprint density at radius 1 is 1.00 bits per heavy atom. The lowest BCUT2D eigenvalue weighted by Crippen LogP contribution is -2.29. The van der Waals surface area contributed by atoms with Crippen LogP contribution in [0.15, 0.2) is 30.4 Å². The van der Waals surface area contributed by atoms with Gasteiger partial charge >= 0.3 is 5.97 Å². The Bertz CT molecular complexity index is 820. The first kappa shape index (κ1) is 21.8. The maximum atomic E-state index is 13.0. The number of cyclic esters (lactones) is 1. The first-order valence-corrected chi connectivity index (χ1v) is 10.6. The monoisotopic (exact) mass is 398 g/mol. The summed E-state index contributed by atoms with van der Waals surface area (Å²) in [7, 11) is 0. The minimum atomic E-state index is -0.595. The molecule has 29 heavy (non-hydrogen) atoms. The third kappa shape index (κ3) is 4.99. The van der Waals surface area contributed by atoms with E-state index >= 15 is 0 Å². The van der Waals surface area contributed by atoms with Crippen molar-refractivity contribution in [2.75, 3.05) is 0 Å². The molecule has 0 saturated carbocycles. The van der Waals surface area contributed by atoms with Gasteiger partial charge in [0.2, 0.25) is 0 Å². The quantitative estimate of drug-likeness (QED) is 0.421. The highest BCUT2D eigenvalue weighted by Crippen LogP contribution is 2.35. The molecule has 1 aromatic rings. The number of hydrogen-bond acceptors (Lipinski definition) is 4. The summed E-state index contributed by atoms with van der Waals surface area (Å²) in [6.45, 7) is 14.1. The van der Waals surface area contributed by atoms with Gasteiger partial charge in [0.05, 0.1) is 17.8 Å². The van der Waals surface area contributed by atoms with Gasteiger partial charge in [0.25, 0.3) is 0 Å². The Morgan fingerprint density at radius 2 is 1.69 bits per heavy atom. The molecule has 0 N–H and O–H groups in total. The van der Waals surface area contributed by atoms with Gasteiger partial charge in [-0.15, -0.1) is 0 Å².